The molecule has 3 heterocycles. The minimum Gasteiger partial charge on any atom is -0.493 e. The molecule has 1 N–H and O–H groups in total. The monoisotopic (exact) mass is 461 g/mol. The Hall–Kier alpha value is -3.61. The summed E-state index contributed by atoms with van der Waals surface area (Å²) < 4.78 is 12.1. The molecule has 0 atom stereocenters. The van der Waals surface area contributed by atoms with Gasteiger partial charge in [0, 0.05) is 41.6 Å². The molecule has 0 unspecified atom stereocenters. The van der Waals surface area contributed by atoms with E-state index in [1.54, 1.807) is 44.3 Å². The molecule has 0 bridgehead atoms. The quantitative estimate of drug-likeness (QED) is 0.243. The summed E-state index contributed by atoms with van der Waals surface area (Å²) in [5, 5.41) is 6.00. The molecule has 0 aliphatic heterocycles. The van der Waals surface area contributed by atoms with Crippen molar-refractivity contribution in [3.05, 3.63) is 97.2 Å². The van der Waals surface area contributed by atoms with E-state index in [2.05, 4.69) is 25.5 Å². The van der Waals surface area contributed by atoms with Gasteiger partial charge in [0.15, 0.2) is 17.8 Å². The maximum Gasteiger partial charge on any atom is 0.171 e. The first-order valence-electron chi connectivity index (χ1n) is 9.68. The van der Waals surface area contributed by atoms with Crippen molar-refractivity contribution < 1.29 is 9.26 Å². The third-order valence-corrected chi connectivity index (χ3v) is 8.38. The molecule has 7 nitrogen and oxygen atoms in total. The number of hydrogen-bond donors (Lipinski definition) is 1. The van der Waals surface area contributed by atoms with E-state index in [4.69, 9.17) is 21.1 Å². The van der Waals surface area contributed by atoms with Crippen molar-refractivity contribution in [2.45, 2.75) is 0 Å². The third kappa shape index (κ3) is 4.99. The van der Waals surface area contributed by atoms with Gasteiger partial charge in [0.05, 0.1) is 13.3 Å². The predicted molar refractivity (Wildman–Crippen MR) is 131 cm³/mol. The lowest BCUT2D eigenvalue weighted by atomic mass is 10.2. The summed E-state index contributed by atoms with van der Waals surface area (Å²) in [5.74, 6) is 1.77. The Morgan fingerprint density at radius 3 is 2.16 bits per heavy atom. The van der Waals surface area contributed by atoms with Crippen molar-refractivity contribution in [2.24, 2.45) is 5.10 Å². The number of pyridine rings is 3. The van der Waals surface area contributed by atoms with Gasteiger partial charge in [-0.1, -0.05) is 6.07 Å². The van der Waals surface area contributed by atoms with Crippen molar-refractivity contribution >= 4 is 40.7 Å². The molecule has 4 rings (SSSR count). The number of hydrogen-bond acceptors (Lipinski definition) is 8. The van der Waals surface area contributed by atoms with Gasteiger partial charge in [-0.2, -0.15) is 5.10 Å². The first-order chi connectivity index (χ1) is 15.7. The Bertz CT molecular complexity index is 1200. The van der Waals surface area contributed by atoms with Crippen LogP contribution < -0.4 is 25.3 Å². The number of hydrazone groups is 1. The first kappa shape index (κ1) is 21.6. The Morgan fingerprint density at radius 2 is 1.56 bits per heavy atom. The van der Waals surface area contributed by atoms with Crippen molar-refractivity contribution in [3.8, 4) is 11.5 Å². The van der Waals surface area contributed by atoms with Gasteiger partial charge in [-0.05, 0) is 72.0 Å². The maximum atomic E-state index is 6.50. The van der Waals surface area contributed by atoms with Crippen molar-refractivity contribution in [1.29, 1.82) is 0 Å². The summed E-state index contributed by atoms with van der Waals surface area (Å²) in [6.07, 6.45) is 7.60. The highest BCUT2D eigenvalue weighted by Crippen LogP contribution is 2.47. The Kier molecular flexibility index (Phi) is 6.84. The average molecular weight is 461 g/mol. The van der Waals surface area contributed by atoms with E-state index in [0.717, 1.165) is 16.2 Å². The van der Waals surface area contributed by atoms with E-state index in [-0.39, 0.29) is 0 Å². The number of nitrogens with one attached hydrogen (secondary N) is 1. The van der Waals surface area contributed by atoms with Crippen LogP contribution in [-0.4, -0.2) is 28.3 Å². The molecule has 1 aromatic carbocycles. The second kappa shape index (κ2) is 10.1. The lowest BCUT2D eigenvalue weighted by Crippen LogP contribution is -2.20. The Balaban J connectivity index is 1.62. The maximum absolute atomic E-state index is 6.50. The number of methoxy groups -OCH3 is 1. The van der Waals surface area contributed by atoms with E-state index >= 15 is 0 Å². The lowest BCUT2D eigenvalue weighted by molar-refractivity contribution is 0.398. The van der Waals surface area contributed by atoms with Gasteiger partial charge in [-0.3, -0.25) is 15.4 Å². The molecule has 0 amide bonds. The molecule has 0 spiro atoms. The number of ether oxygens (including phenoxy) is 1. The summed E-state index contributed by atoms with van der Waals surface area (Å²) in [7, 11) is 1.59. The highest BCUT2D eigenvalue weighted by Gasteiger charge is 2.26. The molecule has 0 saturated heterocycles. The zero-order valence-corrected chi connectivity index (χ0v) is 18.9. The molecule has 0 radical (unpaired) electrons. The van der Waals surface area contributed by atoms with Gasteiger partial charge in [-0.25, -0.2) is 4.98 Å². The number of anilines is 1. The van der Waals surface area contributed by atoms with Crippen LogP contribution in [0.5, 0.6) is 11.5 Å². The smallest absolute Gasteiger partial charge is 0.171 e. The molecule has 4 aromatic rings. The topological polar surface area (TPSA) is 81.5 Å². The van der Waals surface area contributed by atoms with Crippen LogP contribution in [0.25, 0.3) is 0 Å². The molecule has 0 aliphatic rings. The standard InChI is InChI=1S/C23H20N5O2PS/c1-29-22-16-18(17-27-28-23-4-2-3-11-26-23)5-6-21(22)30-31(32,19-7-12-24-13-8-19)20-9-14-25-15-10-20/h2-17H,1H3,(H,26,28)/b27-17+. The zero-order chi connectivity index (χ0) is 22.2. The minimum atomic E-state index is -2.64. The summed E-state index contributed by atoms with van der Waals surface area (Å²) in [6.45, 7) is 0. The second-order valence-corrected chi connectivity index (χ2v) is 10.4. The summed E-state index contributed by atoms with van der Waals surface area (Å²) in [4.78, 5) is 12.4. The fourth-order valence-electron chi connectivity index (χ4n) is 2.92. The molecule has 160 valence electrons. The molecular weight excluding hydrogens is 441 g/mol. The number of nitrogens with zero attached hydrogens (tertiary/aromatic N) is 4. The van der Waals surface area contributed by atoms with Crippen molar-refractivity contribution in [3.63, 3.8) is 0 Å². The van der Waals surface area contributed by atoms with Gasteiger partial charge in [-0.15, -0.1) is 0 Å². The third-order valence-electron chi connectivity index (χ3n) is 4.48. The summed E-state index contributed by atoms with van der Waals surface area (Å²) in [5.41, 5.74) is 3.72. The van der Waals surface area contributed by atoms with Crippen LogP contribution in [0, 0.1) is 0 Å². The normalized spacial score (nSPS) is 11.3. The molecule has 0 fully saturated rings. The van der Waals surface area contributed by atoms with Crippen LogP contribution in [0.3, 0.4) is 0 Å². The number of benzene rings is 1. The number of aromatic nitrogens is 3. The Labute approximate surface area is 191 Å². The Morgan fingerprint density at radius 1 is 0.875 bits per heavy atom. The van der Waals surface area contributed by atoms with Gasteiger partial charge < -0.3 is 9.26 Å². The molecule has 9 heteroatoms. The molecule has 3 aromatic heterocycles. The molecule has 0 saturated carbocycles. The lowest BCUT2D eigenvalue weighted by Gasteiger charge is -2.25. The molecule has 0 aliphatic carbocycles. The van der Waals surface area contributed by atoms with E-state index in [1.165, 1.54) is 0 Å². The van der Waals surface area contributed by atoms with Crippen LogP contribution in [0.15, 0.2) is 96.7 Å². The van der Waals surface area contributed by atoms with Crippen molar-refractivity contribution in [2.75, 3.05) is 12.5 Å². The van der Waals surface area contributed by atoms with Crippen LogP contribution in [0.1, 0.15) is 5.56 Å². The van der Waals surface area contributed by atoms with Crippen LogP contribution >= 0.6 is 6.26 Å². The zero-order valence-electron chi connectivity index (χ0n) is 17.2. The van der Waals surface area contributed by atoms with Gasteiger partial charge >= 0.3 is 0 Å². The van der Waals surface area contributed by atoms with Gasteiger partial charge in [0.2, 0.25) is 0 Å². The first-order valence-corrected chi connectivity index (χ1v) is 12.4. The number of rotatable bonds is 8. The van der Waals surface area contributed by atoms with E-state index in [1.807, 2.05) is 60.7 Å². The SMILES string of the molecule is COc1cc(/C=N/Nc2ccccn2)ccc1OP(=S)(c1ccncc1)c1ccncc1. The fraction of sp³-hybridized carbons (Fsp3) is 0.0435. The minimum absolute atomic E-state index is 0.555. The summed E-state index contributed by atoms with van der Waals surface area (Å²) in [6, 6.07) is 18.7. The largest absolute Gasteiger partial charge is 0.493 e. The van der Waals surface area contributed by atoms with E-state index in [0.29, 0.717) is 17.3 Å². The highest BCUT2D eigenvalue weighted by atomic mass is 32.4. The fourth-order valence-corrected chi connectivity index (χ4v) is 5.87. The van der Waals surface area contributed by atoms with Gasteiger partial charge in [0.1, 0.15) is 5.82 Å². The van der Waals surface area contributed by atoms with Crippen LogP contribution in [0.2, 0.25) is 0 Å². The van der Waals surface area contributed by atoms with E-state index in [9.17, 15) is 0 Å². The average Bonchev–Trinajstić information content (AvgIpc) is 2.86. The van der Waals surface area contributed by atoms with Crippen LogP contribution in [-0.2, 0) is 11.8 Å². The summed E-state index contributed by atoms with van der Waals surface area (Å²) >= 11 is 6.12. The van der Waals surface area contributed by atoms with E-state index < -0.39 is 6.26 Å². The molecular formula is C23H20N5O2PS. The van der Waals surface area contributed by atoms with Crippen molar-refractivity contribution in [1.82, 2.24) is 15.0 Å². The molecule has 32 heavy (non-hydrogen) atoms. The van der Waals surface area contributed by atoms with Gasteiger partial charge in [0.25, 0.3) is 0 Å². The highest BCUT2D eigenvalue weighted by molar-refractivity contribution is 8.19. The predicted octanol–water partition coefficient (Wildman–Crippen LogP) is 3.75. The second-order valence-electron chi connectivity index (χ2n) is 6.55. The van der Waals surface area contributed by atoms with Crippen LogP contribution in [0.4, 0.5) is 5.82 Å².